The van der Waals surface area contributed by atoms with Gasteiger partial charge in [-0.1, -0.05) is 15.9 Å². The van der Waals surface area contributed by atoms with Crippen molar-refractivity contribution in [1.82, 2.24) is 5.10 Å². The van der Waals surface area contributed by atoms with Crippen molar-refractivity contribution in [2.45, 2.75) is 6.54 Å². The summed E-state index contributed by atoms with van der Waals surface area (Å²) in [6, 6.07) is 5.20. The van der Waals surface area contributed by atoms with Crippen molar-refractivity contribution in [3.05, 3.63) is 39.1 Å². The monoisotopic (exact) mass is 283 g/mol. The Morgan fingerprint density at radius 2 is 2.25 bits per heavy atom. The molecule has 0 aliphatic carbocycles. The summed E-state index contributed by atoms with van der Waals surface area (Å²) in [7, 11) is 0. The highest BCUT2D eigenvalue weighted by Gasteiger charge is 2.11. The minimum Gasteiger partial charge on any atom is -0.476 e. The fourth-order valence-corrected chi connectivity index (χ4v) is 1.81. The summed E-state index contributed by atoms with van der Waals surface area (Å²) < 4.78 is 2.06. The zero-order valence-corrected chi connectivity index (χ0v) is 9.69. The Hall–Kier alpha value is -1.69. The number of hydrogen-bond acceptors (Lipinski definition) is 2. The number of aromatic amines is 1. The van der Waals surface area contributed by atoms with Crippen molar-refractivity contribution < 1.29 is 14.6 Å². The Bertz CT molecular complexity index is 621. The number of rotatable bonds is 2. The molecule has 1 heterocycles. The third-order valence-corrected chi connectivity index (χ3v) is 2.58. The third-order valence-electron chi connectivity index (χ3n) is 2.09. The molecule has 16 heavy (non-hydrogen) atoms. The SMILES string of the molecule is O=C(O)C[n+]1cc(=O)c2cc(Br)ccc2[nH]1. The summed E-state index contributed by atoms with van der Waals surface area (Å²) in [5.74, 6) is -1.00. The second kappa shape index (κ2) is 4.05. The van der Waals surface area contributed by atoms with Crippen molar-refractivity contribution in [3.8, 4) is 0 Å². The van der Waals surface area contributed by atoms with E-state index in [1.807, 2.05) is 0 Å². The molecule has 2 rings (SSSR count). The fraction of sp³-hybridized carbons (Fsp3) is 0.100. The van der Waals surface area contributed by atoms with E-state index in [9.17, 15) is 9.59 Å². The lowest BCUT2D eigenvalue weighted by Crippen LogP contribution is -2.44. The molecule has 0 saturated heterocycles. The molecule has 0 aliphatic heterocycles. The smallest absolute Gasteiger partial charge is 0.372 e. The first-order valence-corrected chi connectivity index (χ1v) is 5.29. The van der Waals surface area contributed by atoms with E-state index in [-0.39, 0.29) is 12.0 Å². The van der Waals surface area contributed by atoms with Gasteiger partial charge in [-0.3, -0.25) is 4.79 Å². The number of hydrogen-bond donors (Lipinski definition) is 2. The highest BCUT2D eigenvalue weighted by atomic mass is 79.9. The van der Waals surface area contributed by atoms with Gasteiger partial charge in [0.2, 0.25) is 6.20 Å². The summed E-state index contributed by atoms with van der Waals surface area (Å²) >= 11 is 3.27. The second-order valence-electron chi connectivity index (χ2n) is 3.32. The van der Waals surface area contributed by atoms with Crippen LogP contribution in [0.2, 0.25) is 0 Å². The van der Waals surface area contributed by atoms with E-state index in [4.69, 9.17) is 5.11 Å². The van der Waals surface area contributed by atoms with Gasteiger partial charge < -0.3 is 5.11 Å². The Morgan fingerprint density at radius 3 is 2.94 bits per heavy atom. The summed E-state index contributed by atoms with van der Waals surface area (Å²) in [4.78, 5) is 22.2. The Kier molecular flexibility index (Phi) is 2.74. The molecule has 0 spiro atoms. The molecule has 0 saturated carbocycles. The van der Waals surface area contributed by atoms with Gasteiger partial charge >= 0.3 is 5.97 Å². The largest absolute Gasteiger partial charge is 0.476 e. The van der Waals surface area contributed by atoms with Crippen LogP contribution in [0.1, 0.15) is 0 Å². The van der Waals surface area contributed by atoms with E-state index in [2.05, 4.69) is 21.0 Å². The predicted octanol–water partition coefficient (Wildman–Crippen LogP) is 0.663. The number of carboxylic acids is 1. The van der Waals surface area contributed by atoms with Crippen LogP contribution >= 0.6 is 15.9 Å². The molecule has 2 aromatic rings. The normalized spacial score (nSPS) is 10.6. The highest BCUT2D eigenvalue weighted by Crippen LogP contribution is 2.13. The molecule has 1 aromatic carbocycles. The van der Waals surface area contributed by atoms with Crippen molar-refractivity contribution in [1.29, 1.82) is 0 Å². The number of halogens is 1. The molecule has 0 radical (unpaired) electrons. The zero-order valence-electron chi connectivity index (χ0n) is 8.11. The van der Waals surface area contributed by atoms with Crippen LogP contribution in [0.25, 0.3) is 10.9 Å². The van der Waals surface area contributed by atoms with Crippen LogP contribution < -0.4 is 10.1 Å². The molecule has 2 N–H and O–H groups in total. The number of aromatic nitrogens is 2. The number of aliphatic carboxylic acids is 1. The number of nitrogens with one attached hydrogen (secondary N) is 1. The quantitative estimate of drug-likeness (QED) is 0.796. The van der Waals surface area contributed by atoms with Crippen LogP contribution in [0.3, 0.4) is 0 Å². The molecule has 0 amide bonds. The standard InChI is InChI=1S/C10H7BrN2O3/c11-6-1-2-8-7(3-6)9(14)4-13(12-8)5-10(15)16/h1-4H,5H2,(H-,12,14,15,16)/p+1. The van der Waals surface area contributed by atoms with E-state index in [0.717, 1.165) is 4.47 Å². The van der Waals surface area contributed by atoms with Gasteiger partial charge in [-0.15, -0.1) is 4.68 Å². The fourth-order valence-electron chi connectivity index (χ4n) is 1.45. The summed E-state index contributed by atoms with van der Waals surface area (Å²) in [6.45, 7) is -0.263. The first kappa shape index (κ1) is 10.8. The van der Waals surface area contributed by atoms with Crippen LogP contribution in [0, 0.1) is 0 Å². The number of H-pyrrole nitrogens is 1. The molecule has 0 unspecified atom stereocenters. The average molecular weight is 284 g/mol. The summed E-state index contributed by atoms with van der Waals surface area (Å²) in [5.41, 5.74) is 0.397. The van der Waals surface area contributed by atoms with E-state index in [1.54, 1.807) is 18.2 Å². The van der Waals surface area contributed by atoms with Gasteiger partial charge in [-0.2, -0.15) is 5.10 Å². The molecule has 82 valence electrons. The molecule has 0 bridgehead atoms. The number of fused-ring (bicyclic) bond motifs is 1. The topological polar surface area (TPSA) is 74.0 Å². The molecular formula is C10H8BrN2O3+. The predicted molar refractivity (Wildman–Crippen MR) is 60.1 cm³/mol. The van der Waals surface area contributed by atoms with Gasteiger partial charge in [0.1, 0.15) is 5.52 Å². The Balaban J connectivity index is 2.64. The lowest BCUT2D eigenvalue weighted by Gasteiger charge is -1.97. The maximum absolute atomic E-state index is 11.7. The second-order valence-corrected chi connectivity index (χ2v) is 4.23. The highest BCUT2D eigenvalue weighted by molar-refractivity contribution is 9.10. The van der Waals surface area contributed by atoms with Crippen LogP contribution in [0.15, 0.2) is 33.7 Å². The van der Waals surface area contributed by atoms with Crippen LogP contribution in [0.4, 0.5) is 0 Å². The van der Waals surface area contributed by atoms with Crippen molar-refractivity contribution >= 4 is 32.8 Å². The van der Waals surface area contributed by atoms with Crippen LogP contribution in [0.5, 0.6) is 0 Å². The first-order valence-electron chi connectivity index (χ1n) is 4.50. The van der Waals surface area contributed by atoms with E-state index < -0.39 is 5.97 Å². The third kappa shape index (κ3) is 2.11. The minimum atomic E-state index is -1.00. The summed E-state index contributed by atoms with van der Waals surface area (Å²) in [6.07, 6.45) is 1.24. The first-order chi connectivity index (χ1) is 7.56. The van der Waals surface area contributed by atoms with Crippen molar-refractivity contribution in [3.63, 3.8) is 0 Å². The number of nitrogens with zero attached hydrogens (tertiary/aromatic N) is 1. The maximum atomic E-state index is 11.7. The lowest BCUT2D eigenvalue weighted by molar-refractivity contribution is -0.741. The van der Waals surface area contributed by atoms with Crippen LogP contribution in [-0.4, -0.2) is 16.2 Å². The van der Waals surface area contributed by atoms with Crippen molar-refractivity contribution in [2.75, 3.05) is 0 Å². The van der Waals surface area contributed by atoms with E-state index >= 15 is 0 Å². The zero-order chi connectivity index (χ0) is 11.7. The molecule has 0 atom stereocenters. The molecule has 0 aliphatic rings. The van der Waals surface area contributed by atoms with Gasteiger partial charge in [-0.25, -0.2) is 4.79 Å². The molecule has 5 nitrogen and oxygen atoms in total. The molecule has 1 aromatic heterocycles. The minimum absolute atomic E-state index is 0.212. The van der Waals surface area contributed by atoms with Gasteiger partial charge in [0.05, 0.1) is 5.39 Å². The van der Waals surface area contributed by atoms with E-state index in [1.165, 1.54) is 10.9 Å². The average Bonchev–Trinajstić information content (AvgIpc) is 2.18. The number of benzene rings is 1. The van der Waals surface area contributed by atoms with Gasteiger partial charge in [-0.05, 0) is 18.2 Å². The summed E-state index contributed by atoms with van der Waals surface area (Å²) in [5, 5.41) is 12.0. The molecule has 0 fully saturated rings. The van der Waals surface area contributed by atoms with Gasteiger partial charge in [0.15, 0.2) is 0 Å². The van der Waals surface area contributed by atoms with E-state index in [0.29, 0.717) is 10.9 Å². The van der Waals surface area contributed by atoms with Crippen molar-refractivity contribution in [2.24, 2.45) is 0 Å². The Labute approximate surface area is 98.4 Å². The number of carboxylic acid groups (broad SMARTS) is 1. The van der Waals surface area contributed by atoms with Gasteiger partial charge in [0, 0.05) is 4.47 Å². The van der Waals surface area contributed by atoms with Gasteiger partial charge in [0.25, 0.3) is 12.0 Å². The van der Waals surface area contributed by atoms with Crippen LogP contribution in [-0.2, 0) is 11.3 Å². The lowest BCUT2D eigenvalue weighted by atomic mass is 10.2. The maximum Gasteiger partial charge on any atom is 0.372 e. The Morgan fingerprint density at radius 1 is 1.50 bits per heavy atom. The molecule has 6 heteroatoms. The molecular weight excluding hydrogens is 276 g/mol. The number of carbonyl (C=O) groups is 1.